The van der Waals surface area contributed by atoms with Gasteiger partial charge in [-0.3, -0.25) is 4.79 Å². The highest BCUT2D eigenvalue weighted by atomic mass is 16.5. The molecule has 0 aliphatic heterocycles. The highest BCUT2D eigenvalue weighted by molar-refractivity contribution is 5.77. The van der Waals surface area contributed by atoms with Gasteiger partial charge in [0.05, 0.1) is 12.0 Å². The molecule has 2 unspecified atom stereocenters. The molecule has 3 aliphatic carbocycles. The Morgan fingerprint density at radius 3 is 2.72 bits per heavy atom. The summed E-state index contributed by atoms with van der Waals surface area (Å²) in [6.45, 7) is 11.7. The van der Waals surface area contributed by atoms with Gasteiger partial charge >= 0.3 is 5.97 Å². The number of fused-ring (bicyclic) bond motifs is 3. The van der Waals surface area contributed by atoms with E-state index in [-0.39, 0.29) is 16.8 Å². The third-order valence-electron chi connectivity index (χ3n) is 7.72. The average molecular weight is 345 g/mol. The Morgan fingerprint density at radius 2 is 2.08 bits per heavy atom. The van der Waals surface area contributed by atoms with Crippen molar-refractivity contribution in [2.45, 2.75) is 79.6 Å². The number of allylic oxidation sites excluding steroid dienone is 4. The first kappa shape index (κ1) is 18.7. The van der Waals surface area contributed by atoms with Crippen LogP contribution in [0.3, 0.4) is 0 Å². The predicted octanol–water partition coefficient (Wildman–Crippen LogP) is 6.07. The number of hydrogen-bond acceptors (Lipinski definition) is 2. The van der Waals surface area contributed by atoms with Crippen LogP contribution in [0.15, 0.2) is 23.3 Å². The van der Waals surface area contributed by atoms with Gasteiger partial charge < -0.3 is 4.74 Å². The fourth-order valence-corrected chi connectivity index (χ4v) is 6.25. The van der Waals surface area contributed by atoms with Crippen molar-refractivity contribution in [2.75, 3.05) is 6.61 Å². The molecule has 3 rings (SSSR count). The van der Waals surface area contributed by atoms with Crippen LogP contribution in [-0.4, -0.2) is 12.6 Å². The van der Waals surface area contributed by atoms with Crippen molar-refractivity contribution in [3.63, 3.8) is 0 Å². The lowest BCUT2D eigenvalue weighted by Crippen LogP contribution is -2.54. The lowest BCUT2D eigenvalue weighted by atomic mass is 9.46. The molecular formula is C23H36O2. The van der Waals surface area contributed by atoms with E-state index in [4.69, 9.17) is 4.74 Å². The first-order valence-corrected chi connectivity index (χ1v) is 10.5. The van der Waals surface area contributed by atoms with E-state index in [1.54, 1.807) is 11.1 Å². The van der Waals surface area contributed by atoms with Crippen molar-refractivity contribution >= 4 is 5.97 Å². The van der Waals surface area contributed by atoms with E-state index in [9.17, 15) is 4.79 Å². The van der Waals surface area contributed by atoms with Crippen LogP contribution in [0.5, 0.6) is 0 Å². The van der Waals surface area contributed by atoms with Crippen LogP contribution in [0.4, 0.5) is 0 Å². The third kappa shape index (κ3) is 2.90. The quantitative estimate of drug-likeness (QED) is 0.578. The van der Waals surface area contributed by atoms with E-state index in [1.165, 1.54) is 19.3 Å². The van der Waals surface area contributed by atoms with Gasteiger partial charge in [-0.15, -0.1) is 0 Å². The van der Waals surface area contributed by atoms with Gasteiger partial charge in [0.1, 0.15) is 0 Å². The lowest BCUT2D eigenvalue weighted by molar-refractivity contribution is -0.171. The maximum absolute atomic E-state index is 13.0. The minimum absolute atomic E-state index is 0.0690. The highest BCUT2D eigenvalue weighted by Gasteiger charge is 2.58. The monoisotopic (exact) mass is 344 g/mol. The van der Waals surface area contributed by atoms with Crippen LogP contribution in [0.25, 0.3) is 0 Å². The van der Waals surface area contributed by atoms with Gasteiger partial charge in [0.2, 0.25) is 0 Å². The molecule has 0 aromatic carbocycles. The van der Waals surface area contributed by atoms with Crippen LogP contribution in [-0.2, 0) is 9.53 Å². The zero-order chi connectivity index (χ0) is 18.2. The molecule has 0 radical (unpaired) electrons. The van der Waals surface area contributed by atoms with Crippen LogP contribution in [0.1, 0.15) is 79.6 Å². The molecular weight excluding hydrogens is 308 g/mol. The first-order chi connectivity index (χ1) is 11.9. The van der Waals surface area contributed by atoms with E-state index in [1.807, 2.05) is 6.92 Å². The normalized spacial score (nSPS) is 37.7. The second kappa shape index (κ2) is 6.93. The summed E-state index contributed by atoms with van der Waals surface area (Å²) in [4.78, 5) is 13.0. The molecule has 1 fully saturated rings. The van der Waals surface area contributed by atoms with Gasteiger partial charge in [0, 0.05) is 0 Å². The fraction of sp³-hybridized carbons (Fsp3) is 0.783. The number of rotatable bonds is 4. The molecule has 25 heavy (non-hydrogen) atoms. The van der Waals surface area contributed by atoms with Gasteiger partial charge in [-0.05, 0) is 74.2 Å². The van der Waals surface area contributed by atoms with E-state index in [2.05, 4.69) is 39.8 Å². The number of ether oxygens (including phenoxy) is 1. The Morgan fingerprint density at radius 1 is 1.32 bits per heavy atom. The van der Waals surface area contributed by atoms with Crippen molar-refractivity contribution in [1.82, 2.24) is 0 Å². The molecule has 1 saturated carbocycles. The number of hydrogen-bond donors (Lipinski definition) is 0. The first-order valence-electron chi connectivity index (χ1n) is 10.5. The zero-order valence-electron chi connectivity index (χ0n) is 16.9. The molecule has 3 aliphatic rings. The van der Waals surface area contributed by atoms with Crippen LogP contribution in [0, 0.1) is 28.6 Å². The molecule has 4 atom stereocenters. The summed E-state index contributed by atoms with van der Waals surface area (Å²) in [5.74, 6) is 1.77. The largest absolute Gasteiger partial charge is 0.466 e. The highest BCUT2D eigenvalue weighted by Crippen LogP contribution is 2.63. The summed E-state index contributed by atoms with van der Waals surface area (Å²) in [6, 6.07) is 0. The van der Waals surface area contributed by atoms with E-state index >= 15 is 0 Å². The SMILES string of the molecule is CCOC(=O)[C@]1(CC)CCC[C@]2(C)C3CCC(C(C)C)=CC3=CCC12. The number of esters is 1. The smallest absolute Gasteiger partial charge is 0.312 e. The summed E-state index contributed by atoms with van der Waals surface area (Å²) in [6.07, 6.45) is 12.8. The second-order valence-electron chi connectivity index (χ2n) is 9.05. The van der Waals surface area contributed by atoms with Crippen molar-refractivity contribution < 1.29 is 9.53 Å². The Hall–Kier alpha value is -1.05. The topological polar surface area (TPSA) is 26.3 Å². The molecule has 2 nitrogen and oxygen atoms in total. The molecule has 2 heteroatoms. The van der Waals surface area contributed by atoms with Gasteiger partial charge in [-0.2, -0.15) is 0 Å². The summed E-state index contributed by atoms with van der Waals surface area (Å²) < 4.78 is 5.58. The molecule has 0 N–H and O–H groups in total. The van der Waals surface area contributed by atoms with Crippen molar-refractivity contribution in [2.24, 2.45) is 28.6 Å². The standard InChI is InChI=1S/C23H36O2/c1-6-23(21(24)25-7-2)14-8-13-22(5)19-11-9-17(16(3)4)15-18(19)10-12-20(22)23/h10,15-16,19-20H,6-9,11-14H2,1-5H3/t19?,20?,22-,23-/m1/s1. The molecule has 0 heterocycles. The number of carbonyl (C=O) groups excluding carboxylic acids is 1. The van der Waals surface area contributed by atoms with Gasteiger partial charge in [0.15, 0.2) is 0 Å². The molecule has 0 amide bonds. The summed E-state index contributed by atoms with van der Waals surface area (Å²) in [7, 11) is 0. The Labute approximate surface area is 154 Å². The zero-order valence-corrected chi connectivity index (χ0v) is 16.9. The summed E-state index contributed by atoms with van der Waals surface area (Å²) in [5, 5.41) is 0. The van der Waals surface area contributed by atoms with Crippen molar-refractivity contribution in [3.05, 3.63) is 23.3 Å². The van der Waals surface area contributed by atoms with E-state index in [0.29, 0.717) is 24.4 Å². The minimum atomic E-state index is -0.271. The number of carbonyl (C=O) groups is 1. The Bertz CT molecular complexity index is 585. The molecule has 0 saturated heterocycles. The van der Waals surface area contributed by atoms with Crippen LogP contribution >= 0.6 is 0 Å². The molecule has 0 aromatic rings. The van der Waals surface area contributed by atoms with E-state index < -0.39 is 0 Å². The van der Waals surface area contributed by atoms with Crippen molar-refractivity contribution in [1.29, 1.82) is 0 Å². The van der Waals surface area contributed by atoms with Crippen LogP contribution < -0.4 is 0 Å². The lowest BCUT2D eigenvalue weighted by Gasteiger charge is -2.58. The third-order valence-corrected chi connectivity index (χ3v) is 7.72. The van der Waals surface area contributed by atoms with E-state index in [0.717, 1.165) is 25.7 Å². The Kier molecular flexibility index (Phi) is 5.19. The average Bonchev–Trinajstić information content (AvgIpc) is 2.60. The summed E-state index contributed by atoms with van der Waals surface area (Å²) >= 11 is 0. The second-order valence-corrected chi connectivity index (χ2v) is 9.05. The molecule has 0 aromatic heterocycles. The maximum Gasteiger partial charge on any atom is 0.312 e. The molecule has 140 valence electrons. The van der Waals surface area contributed by atoms with Gasteiger partial charge in [0.25, 0.3) is 0 Å². The maximum atomic E-state index is 13.0. The predicted molar refractivity (Wildman–Crippen MR) is 103 cm³/mol. The van der Waals surface area contributed by atoms with Crippen LogP contribution in [0.2, 0.25) is 0 Å². The van der Waals surface area contributed by atoms with Gasteiger partial charge in [-0.25, -0.2) is 0 Å². The fourth-order valence-electron chi connectivity index (χ4n) is 6.25. The molecule has 0 bridgehead atoms. The minimum Gasteiger partial charge on any atom is -0.466 e. The molecule has 0 spiro atoms. The van der Waals surface area contributed by atoms with Gasteiger partial charge in [-0.1, -0.05) is 51.8 Å². The Balaban J connectivity index is 1.99. The van der Waals surface area contributed by atoms with Crippen molar-refractivity contribution in [3.8, 4) is 0 Å². The summed E-state index contributed by atoms with van der Waals surface area (Å²) in [5.41, 5.74) is 3.13.